The summed E-state index contributed by atoms with van der Waals surface area (Å²) in [6, 6.07) is 6.72. The molecule has 1 unspecified atom stereocenters. The third-order valence-corrected chi connectivity index (χ3v) is 4.11. The van der Waals surface area contributed by atoms with Crippen molar-refractivity contribution in [3.8, 4) is 0 Å². The number of carbonyl (C=O) groups is 1. The number of nitrogens with zero attached hydrogens (tertiary/aromatic N) is 2. The molecule has 1 N–H and O–H groups in total. The highest BCUT2D eigenvalue weighted by atomic mass is 16.6. The molecule has 0 saturated carbocycles. The number of rotatable bonds is 5. The maximum absolute atomic E-state index is 11.7. The predicted octanol–water partition coefficient (Wildman–Crippen LogP) is 2.99. The first-order valence-corrected chi connectivity index (χ1v) is 8.20. The Kier molecular flexibility index (Phi) is 6.19. The van der Waals surface area contributed by atoms with Crippen molar-refractivity contribution in [1.82, 2.24) is 15.2 Å². The summed E-state index contributed by atoms with van der Waals surface area (Å²) in [5.74, 6) is 0.470. The third kappa shape index (κ3) is 4.44. The van der Waals surface area contributed by atoms with Gasteiger partial charge in [0.05, 0.1) is 18.3 Å². The topological polar surface area (TPSA) is 54.5 Å². The Bertz CT molecular complexity index is 456. The fraction of sp³-hybridized carbons (Fsp3) is 0.647. The van der Waals surface area contributed by atoms with Crippen LogP contribution in [0.1, 0.15) is 45.3 Å². The van der Waals surface area contributed by atoms with Crippen molar-refractivity contribution in [1.29, 1.82) is 0 Å². The molecule has 2 rings (SSSR count). The Morgan fingerprint density at radius 1 is 1.41 bits per heavy atom. The fourth-order valence-corrected chi connectivity index (χ4v) is 2.88. The number of hydrogen-bond donors (Lipinski definition) is 1. The Morgan fingerprint density at radius 2 is 2.14 bits per heavy atom. The molecule has 0 aliphatic carbocycles. The van der Waals surface area contributed by atoms with Crippen LogP contribution >= 0.6 is 0 Å². The first-order valence-electron chi connectivity index (χ1n) is 8.20. The maximum atomic E-state index is 11.7. The van der Waals surface area contributed by atoms with Gasteiger partial charge in [-0.05, 0) is 37.8 Å². The lowest BCUT2D eigenvalue weighted by molar-refractivity contribution is 0.0934. The molecule has 0 aromatic carbocycles. The van der Waals surface area contributed by atoms with E-state index in [-0.39, 0.29) is 12.1 Å². The van der Waals surface area contributed by atoms with Crippen LogP contribution in [-0.4, -0.2) is 41.7 Å². The maximum Gasteiger partial charge on any atom is 0.409 e. The second-order valence-electron chi connectivity index (χ2n) is 6.10. The van der Waals surface area contributed by atoms with Crippen LogP contribution in [0.25, 0.3) is 0 Å². The number of likely N-dealkylation sites (tertiary alicyclic amines) is 1. The number of pyridine rings is 1. The lowest BCUT2D eigenvalue weighted by Crippen LogP contribution is -2.46. The Hall–Kier alpha value is -1.62. The lowest BCUT2D eigenvalue weighted by atomic mass is 9.96. The van der Waals surface area contributed by atoms with E-state index in [0.717, 1.165) is 31.6 Å². The van der Waals surface area contributed by atoms with Crippen molar-refractivity contribution in [2.75, 3.05) is 19.7 Å². The molecule has 1 amide bonds. The fourth-order valence-electron chi connectivity index (χ4n) is 2.88. The highest BCUT2D eigenvalue weighted by Gasteiger charge is 2.27. The van der Waals surface area contributed by atoms with Gasteiger partial charge in [0.2, 0.25) is 0 Å². The second-order valence-corrected chi connectivity index (χ2v) is 6.10. The molecule has 122 valence electrons. The Balaban J connectivity index is 1.89. The zero-order chi connectivity index (χ0) is 15.9. The number of nitrogens with one attached hydrogen (secondary N) is 1. The zero-order valence-corrected chi connectivity index (χ0v) is 13.8. The standard InChI is InChI=1S/C17H27N3O2/c1-4-22-17(21)20-11-8-14(9-12-20)19-16(13(2)3)15-7-5-6-10-18-15/h5-7,10,13-14,16,19H,4,8-9,11-12H2,1-3H3. The SMILES string of the molecule is CCOC(=O)N1CCC(NC(c2ccccn2)C(C)C)CC1. The highest BCUT2D eigenvalue weighted by Crippen LogP contribution is 2.23. The van der Waals surface area contributed by atoms with E-state index in [0.29, 0.717) is 18.6 Å². The molecule has 2 heterocycles. The normalized spacial score (nSPS) is 17.5. The molecule has 1 fully saturated rings. The molecule has 1 aliphatic rings. The summed E-state index contributed by atoms with van der Waals surface area (Å²) < 4.78 is 5.06. The molecule has 1 saturated heterocycles. The smallest absolute Gasteiger partial charge is 0.409 e. The quantitative estimate of drug-likeness (QED) is 0.908. The van der Waals surface area contributed by atoms with Gasteiger partial charge in [-0.2, -0.15) is 0 Å². The van der Waals surface area contributed by atoms with Crippen LogP contribution in [0, 0.1) is 5.92 Å². The van der Waals surface area contributed by atoms with Crippen molar-refractivity contribution in [2.45, 2.75) is 45.7 Å². The van der Waals surface area contributed by atoms with E-state index in [1.807, 2.05) is 25.3 Å². The summed E-state index contributed by atoms with van der Waals surface area (Å²) >= 11 is 0. The molecular weight excluding hydrogens is 278 g/mol. The molecule has 0 radical (unpaired) electrons. The van der Waals surface area contributed by atoms with E-state index >= 15 is 0 Å². The van der Waals surface area contributed by atoms with Crippen LogP contribution < -0.4 is 5.32 Å². The van der Waals surface area contributed by atoms with E-state index in [4.69, 9.17) is 4.74 Å². The number of carbonyl (C=O) groups excluding carboxylic acids is 1. The van der Waals surface area contributed by atoms with E-state index in [1.54, 1.807) is 4.90 Å². The molecular formula is C17H27N3O2. The predicted molar refractivity (Wildman–Crippen MR) is 86.6 cm³/mol. The van der Waals surface area contributed by atoms with Crippen molar-refractivity contribution >= 4 is 6.09 Å². The van der Waals surface area contributed by atoms with Gasteiger partial charge >= 0.3 is 6.09 Å². The lowest BCUT2D eigenvalue weighted by Gasteiger charge is -2.35. The van der Waals surface area contributed by atoms with Crippen molar-refractivity contribution < 1.29 is 9.53 Å². The molecule has 0 bridgehead atoms. The molecule has 1 aromatic heterocycles. The van der Waals surface area contributed by atoms with E-state index in [9.17, 15) is 4.79 Å². The number of ether oxygens (including phenoxy) is 1. The largest absolute Gasteiger partial charge is 0.450 e. The van der Waals surface area contributed by atoms with Gasteiger partial charge in [0, 0.05) is 25.3 Å². The van der Waals surface area contributed by atoms with Crippen LogP contribution in [0.2, 0.25) is 0 Å². The van der Waals surface area contributed by atoms with Crippen LogP contribution in [-0.2, 0) is 4.74 Å². The molecule has 5 heteroatoms. The summed E-state index contributed by atoms with van der Waals surface area (Å²) in [4.78, 5) is 18.0. The number of amides is 1. The molecule has 0 spiro atoms. The number of hydrogen-bond acceptors (Lipinski definition) is 4. The summed E-state index contributed by atoms with van der Waals surface area (Å²) in [5, 5.41) is 3.72. The zero-order valence-electron chi connectivity index (χ0n) is 13.8. The van der Waals surface area contributed by atoms with Gasteiger partial charge < -0.3 is 15.0 Å². The summed E-state index contributed by atoms with van der Waals surface area (Å²) in [6.07, 6.45) is 3.56. The van der Waals surface area contributed by atoms with Crippen LogP contribution in [0.15, 0.2) is 24.4 Å². The van der Waals surface area contributed by atoms with Gasteiger partial charge in [0.15, 0.2) is 0 Å². The number of piperidine rings is 1. The molecule has 1 aromatic rings. The van der Waals surface area contributed by atoms with Gasteiger partial charge in [-0.1, -0.05) is 19.9 Å². The highest BCUT2D eigenvalue weighted by molar-refractivity contribution is 5.67. The Labute approximate surface area is 133 Å². The van der Waals surface area contributed by atoms with Gasteiger partial charge in [-0.3, -0.25) is 4.98 Å². The van der Waals surface area contributed by atoms with E-state index in [1.165, 1.54) is 0 Å². The van der Waals surface area contributed by atoms with Crippen LogP contribution in [0.5, 0.6) is 0 Å². The first-order chi connectivity index (χ1) is 10.6. The van der Waals surface area contributed by atoms with Crippen molar-refractivity contribution in [2.24, 2.45) is 5.92 Å². The summed E-state index contributed by atoms with van der Waals surface area (Å²) in [7, 11) is 0. The van der Waals surface area contributed by atoms with Gasteiger partial charge in [0.25, 0.3) is 0 Å². The van der Waals surface area contributed by atoms with E-state index in [2.05, 4.69) is 30.2 Å². The monoisotopic (exact) mass is 305 g/mol. The summed E-state index contributed by atoms with van der Waals surface area (Å²) in [6.45, 7) is 8.20. The second kappa shape index (κ2) is 8.13. The molecule has 22 heavy (non-hydrogen) atoms. The van der Waals surface area contributed by atoms with Gasteiger partial charge in [-0.25, -0.2) is 4.79 Å². The molecule has 5 nitrogen and oxygen atoms in total. The summed E-state index contributed by atoms with van der Waals surface area (Å²) in [5.41, 5.74) is 1.09. The van der Waals surface area contributed by atoms with Gasteiger partial charge in [-0.15, -0.1) is 0 Å². The van der Waals surface area contributed by atoms with Crippen molar-refractivity contribution in [3.63, 3.8) is 0 Å². The average molecular weight is 305 g/mol. The Morgan fingerprint density at radius 3 is 2.68 bits per heavy atom. The minimum absolute atomic E-state index is 0.189. The van der Waals surface area contributed by atoms with Gasteiger partial charge in [0.1, 0.15) is 0 Å². The number of aromatic nitrogens is 1. The molecule has 1 atom stereocenters. The third-order valence-electron chi connectivity index (χ3n) is 4.11. The van der Waals surface area contributed by atoms with E-state index < -0.39 is 0 Å². The minimum atomic E-state index is -0.189. The van der Waals surface area contributed by atoms with Crippen LogP contribution in [0.4, 0.5) is 4.79 Å². The van der Waals surface area contributed by atoms with Crippen LogP contribution in [0.3, 0.4) is 0 Å². The first kappa shape index (κ1) is 16.7. The van der Waals surface area contributed by atoms with Crippen molar-refractivity contribution in [3.05, 3.63) is 30.1 Å². The average Bonchev–Trinajstić information content (AvgIpc) is 2.54. The molecule has 1 aliphatic heterocycles. The minimum Gasteiger partial charge on any atom is -0.450 e.